The van der Waals surface area contributed by atoms with Crippen molar-refractivity contribution in [1.82, 2.24) is 10.2 Å². The Morgan fingerprint density at radius 3 is 2.71 bits per heavy atom. The highest BCUT2D eigenvalue weighted by Crippen LogP contribution is 2.23. The van der Waals surface area contributed by atoms with Gasteiger partial charge >= 0.3 is 0 Å². The normalized spacial score (nSPS) is 23.5. The zero-order valence-electron chi connectivity index (χ0n) is 12.3. The van der Waals surface area contributed by atoms with Gasteiger partial charge in [-0.25, -0.2) is 0 Å². The fraction of sp³-hybridized carbons (Fsp3) is 1.00. The molecule has 2 heteroatoms. The Morgan fingerprint density at radius 2 is 2.06 bits per heavy atom. The Balaban J connectivity index is 2.10. The summed E-state index contributed by atoms with van der Waals surface area (Å²) in [6.45, 7) is 14.3. The van der Waals surface area contributed by atoms with Crippen LogP contribution in [0.15, 0.2) is 0 Å². The van der Waals surface area contributed by atoms with E-state index < -0.39 is 0 Å². The molecule has 0 spiro atoms. The zero-order chi connectivity index (χ0) is 12.7. The van der Waals surface area contributed by atoms with Crippen LogP contribution in [0.5, 0.6) is 0 Å². The molecule has 0 radical (unpaired) electrons. The molecular weight excluding hydrogens is 208 g/mol. The van der Waals surface area contributed by atoms with Crippen molar-refractivity contribution in [3.63, 3.8) is 0 Å². The van der Waals surface area contributed by atoms with Gasteiger partial charge in [-0.3, -0.25) is 0 Å². The van der Waals surface area contributed by atoms with Crippen molar-refractivity contribution >= 4 is 0 Å². The molecule has 1 rings (SSSR count). The van der Waals surface area contributed by atoms with Gasteiger partial charge in [0.1, 0.15) is 0 Å². The SMILES string of the molecule is CCCC1CCN(C(C)CCNCC(C)C)C1. The molecule has 1 heterocycles. The first-order chi connectivity index (χ1) is 8.13. The van der Waals surface area contributed by atoms with Crippen molar-refractivity contribution < 1.29 is 0 Å². The van der Waals surface area contributed by atoms with Crippen molar-refractivity contribution in [1.29, 1.82) is 0 Å². The van der Waals surface area contributed by atoms with Crippen LogP contribution in [-0.2, 0) is 0 Å². The summed E-state index contributed by atoms with van der Waals surface area (Å²) < 4.78 is 0. The molecule has 2 unspecified atom stereocenters. The Kier molecular flexibility index (Phi) is 7.14. The van der Waals surface area contributed by atoms with Crippen LogP contribution in [0.1, 0.15) is 53.4 Å². The average Bonchev–Trinajstić information content (AvgIpc) is 2.73. The minimum Gasteiger partial charge on any atom is -0.316 e. The van der Waals surface area contributed by atoms with Crippen LogP contribution < -0.4 is 5.32 Å². The minimum absolute atomic E-state index is 0.761. The standard InChI is InChI=1S/C15H32N2/c1-5-6-15-8-10-17(12-15)14(4)7-9-16-11-13(2)3/h13-16H,5-12H2,1-4H3. The maximum atomic E-state index is 3.55. The predicted octanol–water partition coefficient (Wildman–Crippen LogP) is 3.13. The smallest absolute Gasteiger partial charge is 0.00791 e. The summed E-state index contributed by atoms with van der Waals surface area (Å²) in [5, 5.41) is 3.55. The van der Waals surface area contributed by atoms with E-state index in [1.807, 2.05) is 0 Å². The molecule has 0 amide bonds. The zero-order valence-corrected chi connectivity index (χ0v) is 12.3. The van der Waals surface area contributed by atoms with Gasteiger partial charge in [0.2, 0.25) is 0 Å². The topological polar surface area (TPSA) is 15.3 Å². The molecule has 2 atom stereocenters. The Morgan fingerprint density at radius 1 is 1.29 bits per heavy atom. The highest BCUT2D eigenvalue weighted by atomic mass is 15.2. The number of rotatable bonds is 8. The van der Waals surface area contributed by atoms with Gasteiger partial charge in [0.15, 0.2) is 0 Å². The van der Waals surface area contributed by atoms with Crippen molar-refractivity contribution in [2.24, 2.45) is 11.8 Å². The molecule has 0 aromatic heterocycles. The van der Waals surface area contributed by atoms with Crippen LogP contribution in [0.25, 0.3) is 0 Å². The molecule has 0 aliphatic carbocycles. The van der Waals surface area contributed by atoms with E-state index in [-0.39, 0.29) is 0 Å². The second-order valence-corrected chi connectivity index (χ2v) is 6.17. The van der Waals surface area contributed by atoms with Crippen LogP contribution in [0.3, 0.4) is 0 Å². The molecule has 1 aliphatic heterocycles. The van der Waals surface area contributed by atoms with E-state index in [4.69, 9.17) is 0 Å². The van der Waals surface area contributed by atoms with Crippen LogP contribution in [0, 0.1) is 11.8 Å². The van der Waals surface area contributed by atoms with Gasteiger partial charge in [-0.15, -0.1) is 0 Å². The maximum Gasteiger partial charge on any atom is 0.00791 e. The predicted molar refractivity (Wildman–Crippen MR) is 76.4 cm³/mol. The first-order valence-electron chi connectivity index (χ1n) is 7.58. The lowest BCUT2D eigenvalue weighted by atomic mass is 10.0. The van der Waals surface area contributed by atoms with E-state index in [1.54, 1.807) is 0 Å². The molecular formula is C15H32N2. The van der Waals surface area contributed by atoms with Gasteiger partial charge < -0.3 is 10.2 Å². The fourth-order valence-electron chi connectivity index (χ4n) is 2.79. The van der Waals surface area contributed by atoms with E-state index in [2.05, 4.69) is 37.9 Å². The quantitative estimate of drug-likeness (QED) is 0.656. The molecule has 0 saturated carbocycles. The van der Waals surface area contributed by atoms with E-state index in [0.29, 0.717) is 0 Å². The van der Waals surface area contributed by atoms with Gasteiger partial charge in [0, 0.05) is 12.6 Å². The third-order valence-electron chi connectivity index (χ3n) is 3.93. The lowest BCUT2D eigenvalue weighted by molar-refractivity contribution is 0.234. The van der Waals surface area contributed by atoms with Crippen molar-refractivity contribution in [3.05, 3.63) is 0 Å². The number of nitrogens with zero attached hydrogens (tertiary/aromatic N) is 1. The third kappa shape index (κ3) is 5.87. The van der Waals surface area contributed by atoms with Gasteiger partial charge in [-0.05, 0) is 57.7 Å². The maximum absolute atomic E-state index is 3.55. The molecule has 17 heavy (non-hydrogen) atoms. The van der Waals surface area contributed by atoms with Crippen LogP contribution in [-0.4, -0.2) is 37.1 Å². The van der Waals surface area contributed by atoms with Crippen LogP contribution in [0.4, 0.5) is 0 Å². The molecule has 1 fully saturated rings. The second kappa shape index (κ2) is 8.10. The molecule has 0 bridgehead atoms. The Hall–Kier alpha value is -0.0800. The lowest BCUT2D eigenvalue weighted by Crippen LogP contribution is -2.34. The Labute approximate surface area is 108 Å². The Bertz CT molecular complexity index is 191. The first-order valence-corrected chi connectivity index (χ1v) is 7.58. The number of hydrogen-bond donors (Lipinski definition) is 1. The molecule has 102 valence electrons. The van der Waals surface area contributed by atoms with Gasteiger partial charge in [-0.1, -0.05) is 27.2 Å². The highest BCUT2D eigenvalue weighted by Gasteiger charge is 2.24. The monoisotopic (exact) mass is 240 g/mol. The summed E-state index contributed by atoms with van der Waals surface area (Å²) in [5.74, 6) is 1.75. The molecule has 0 aromatic carbocycles. The molecule has 2 nitrogen and oxygen atoms in total. The highest BCUT2D eigenvalue weighted by molar-refractivity contribution is 4.79. The van der Waals surface area contributed by atoms with Crippen molar-refractivity contribution in [3.8, 4) is 0 Å². The third-order valence-corrected chi connectivity index (χ3v) is 3.93. The number of hydrogen-bond acceptors (Lipinski definition) is 2. The van der Waals surface area contributed by atoms with Crippen molar-refractivity contribution in [2.75, 3.05) is 26.2 Å². The fourth-order valence-corrected chi connectivity index (χ4v) is 2.79. The largest absolute Gasteiger partial charge is 0.316 e. The van der Waals surface area contributed by atoms with Crippen LogP contribution >= 0.6 is 0 Å². The summed E-state index contributed by atoms with van der Waals surface area (Å²) in [5.41, 5.74) is 0. The number of nitrogens with one attached hydrogen (secondary N) is 1. The van der Waals surface area contributed by atoms with E-state index in [0.717, 1.165) is 24.4 Å². The van der Waals surface area contributed by atoms with Gasteiger partial charge in [0.25, 0.3) is 0 Å². The molecule has 1 N–H and O–H groups in total. The molecule has 0 aromatic rings. The lowest BCUT2D eigenvalue weighted by Gasteiger charge is -2.24. The van der Waals surface area contributed by atoms with E-state index >= 15 is 0 Å². The van der Waals surface area contributed by atoms with Gasteiger partial charge in [0.05, 0.1) is 0 Å². The molecule has 1 saturated heterocycles. The van der Waals surface area contributed by atoms with Gasteiger partial charge in [-0.2, -0.15) is 0 Å². The summed E-state index contributed by atoms with van der Waals surface area (Å²) >= 11 is 0. The second-order valence-electron chi connectivity index (χ2n) is 6.17. The summed E-state index contributed by atoms with van der Waals surface area (Å²) in [7, 11) is 0. The molecule has 1 aliphatic rings. The summed E-state index contributed by atoms with van der Waals surface area (Å²) in [6.07, 6.45) is 5.50. The first kappa shape index (κ1) is 15.0. The average molecular weight is 240 g/mol. The van der Waals surface area contributed by atoms with Crippen LogP contribution in [0.2, 0.25) is 0 Å². The summed E-state index contributed by atoms with van der Waals surface area (Å²) in [6, 6.07) is 0.761. The van der Waals surface area contributed by atoms with E-state index in [1.165, 1.54) is 45.3 Å². The minimum atomic E-state index is 0.761. The summed E-state index contributed by atoms with van der Waals surface area (Å²) in [4.78, 5) is 2.69. The number of likely N-dealkylation sites (tertiary alicyclic amines) is 1. The van der Waals surface area contributed by atoms with Crippen molar-refractivity contribution in [2.45, 2.75) is 59.4 Å². The van der Waals surface area contributed by atoms with E-state index in [9.17, 15) is 0 Å².